The van der Waals surface area contributed by atoms with E-state index in [1.54, 1.807) is 31.4 Å². The molecule has 0 aliphatic heterocycles. The van der Waals surface area contributed by atoms with Crippen LogP contribution in [-0.2, 0) is 27.4 Å². The average molecular weight is 411 g/mol. The van der Waals surface area contributed by atoms with Crippen LogP contribution in [0.4, 0.5) is 16.5 Å². The SMILES string of the molecule is COc1ccc(Nc2nc(COC(=O)Cc3ccc(NC(C)=O)cc3)cs2)cc1. The van der Waals surface area contributed by atoms with Gasteiger partial charge in [-0.15, -0.1) is 11.3 Å². The maximum Gasteiger partial charge on any atom is 0.310 e. The Hall–Kier alpha value is -3.39. The second-order valence-corrected chi connectivity index (χ2v) is 7.07. The number of esters is 1. The topological polar surface area (TPSA) is 89.5 Å². The molecule has 1 aromatic heterocycles. The average Bonchev–Trinajstić information content (AvgIpc) is 3.15. The predicted octanol–water partition coefficient (Wildman–Crippen LogP) is 4.14. The van der Waals surface area contributed by atoms with Crippen molar-refractivity contribution in [2.75, 3.05) is 17.7 Å². The summed E-state index contributed by atoms with van der Waals surface area (Å²) in [7, 11) is 1.62. The van der Waals surface area contributed by atoms with Gasteiger partial charge in [0.2, 0.25) is 5.91 Å². The summed E-state index contributed by atoms with van der Waals surface area (Å²) in [5.41, 5.74) is 3.07. The van der Waals surface area contributed by atoms with E-state index in [1.807, 2.05) is 29.6 Å². The largest absolute Gasteiger partial charge is 0.497 e. The first kappa shape index (κ1) is 20.3. The van der Waals surface area contributed by atoms with Crippen molar-refractivity contribution in [3.05, 3.63) is 65.2 Å². The maximum atomic E-state index is 12.1. The number of nitrogens with one attached hydrogen (secondary N) is 2. The van der Waals surface area contributed by atoms with E-state index in [9.17, 15) is 9.59 Å². The van der Waals surface area contributed by atoms with Gasteiger partial charge in [0.15, 0.2) is 5.13 Å². The Bertz CT molecular complexity index is 968. The van der Waals surface area contributed by atoms with Crippen molar-refractivity contribution < 1.29 is 19.1 Å². The number of thiazole rings is 1. The van der Waals surface area contributed by atoms with Crippen molar-refractivity contribution in [3.8, 4) is 5.75 Å². The Kier molecular flexibility index (Phi) is 6.80. The van der Waals surface area contributed by atoms with Crippen molar-refractivity contribution in [2.24, 2.45) is 0 Å². The summed E-state index contributed by atoms with van der Waals surface area (Å²) in [5.74, 6) is 0.309. The van der Waals surface area contributed by atoms with Crippen molar-refractivity contribution in [3.63, 3.8) is 0 Å². The fourth-order valence-electron chi connectivity index (χ4n) is 2.51. The first-order chi connectivity index (χ1) is 14.0. The number of hydrogen-bond donors (Lipinski definition) is 2. The molecule has 2 aromatic carbocycles. The van der Waals surface area contributed by atoms with Gasteiger partial charge in [0.1, 0.15) is 12.4 Å². The first-order valence-corrected chi connectivity index (χ1v) is 9.77. The molecule has 0 aliphatic rings. The summed E-state index contributed by atoms with van der Waals surface area (Å²) in [6.07, 6.45) is 0.154. The Morgan fingerprint density at radius 3 is 2.38 bits per heavy atom. The Morgan fingerprint density at radius 1 is 1.03 bits per heavy atom. The molecule has 3 rings (SSSR count). The molecule has 0 radical (unpaired) electrons. The number of benzene rings is 2. The van der Waals surface area contributed by atoms with Crippen molar-refractivity contribution in [1.29, 1.82) is 0 Å². The summed E-state index contributed by atoms with van der Waals surface area (Å²) in [6.45, 7) is 1.56. The molecule has 1 amide bonds. The molecule has 2 N–H and O–H groups in total. The zero-order chi connectivity index (χ0) is 20.6. The first-order valence-electron chi connectivity index (χ1n) is 8.89. The highest BCUT2D eigenvalue weighted by Crippen LogP contribution is 2.23. The number of carbonyl (C=O) groups excluding carboxylic acids is 2. The number of hydrogen-bond acceptors (Lipinski definition) is 7. The predicted molar refractivity (Wildman–Crippen MR) is 113 cm³/mol. The molecule has 0 bridgehead atoms. The number of ether oxygens (including phenoxy) is 2. The van der Waals surface area contributed by atoms with Gasteiger partial charge in [0, 0.05) is 23.7 Å². The standard InChI is InChI=1S/C21H21N3O4S/c1-14(25)22-16-5-3-15(4-6-16)11-20(26)28-12-18-13-29-21(24-18)23-17-7-9-19(27-2)10-8-17/h3-10,13H,11-12H2,1-2H3,(H,22,25)(H,23,24). The lowest BCUT2D eigenvalue weighted by atomic mass is 10.1. The van der Waals surface area contributed by atoms with Crippen LogP contribution in [0.3, 0.4) is 0 Å². The number of nitrogens with zero attached hydrogens (tertiary/aromatic N) is 1. The van der Waals surface area contributed by atoms with E-state index in [4.69, 9.17) is 9.47 Å². The second-order valence-electron chi connectivity index (χ2n) is 6.21. The van der Waals surface area contributed by atoms with Gasteiger partial charge in [-0.2, -0.15) is 0 Å². The highest BCUT2D eigenvalue weighted by atomic mass is 32.1. The minimum atomic E-state index is -0.338. The monoisotopic (exact) mass is 411 g/mol. The van der Waals surface area contributed by atoms with E-state index in [1.165, 1.54) is 18.3 Å². The lowest BCUT2D eigenvalue weighted by molar-refractivity contribution is -0.144. The zero-order valence-corrected chi connectivity index (χ0v) is 16.9. The smallest absolute Gasteiger partial charge is 0.310 e. The minimum Gasteiger partial charge on any atom is -0.497 e. The quantitative estimate of drug-likeness (QED) is 0.542. The second kappa shape index (κ2) is 9.70. The van der Waals surface area contributed by atoms with Crippen molar-refractivity contribution >= 4 is 39.7 Å². The number of carbonyl (C=O) groups is 2. The summed E-state index contributed by atoms with van der Waals surface area (Å²) in [5, 5.41) is 8.45. The normalized spacial score (nSPS) is 10.3. The highest BCUT2D eigenvalue weighted by molar-refractivity contribution is 7.13. The van der Waals surface area contributed by atoms with E-state index in [2.05, 4.69) is 15.6 Å². The molecule has 7 nitrogen and oxygen atoms in total. The molecule has 0 unspecified atom stereocenters. The Morgan fingerprint density at radius 2 is 1.72 bits per heavy atom. The van der Waals surface area contributed by atoms with Gasteiger partial charge in [0.05, 0.1) is 19.2 Å². The highest BCUT2D eigenvalue weighted by Gasteiger charge is 2.08. The Balaban J connectivity index is 1.47. The molecule has 29 heavy (non-hydrogen) atoms. The minimum absolute atomic E-state index is 0.115. The van der Waals surface area contributed by atoms with Gasteiger partial charge >= 0.3 is 5.97 Å². The van der Waals surface area contributed by atoms with Crippen LogP contribution in [0.15, 0.2) is 53.9 Å². The van der Waals surface area contributed by atoms with Crippen LogP contribution in [0.2, 0.25) is 0 Å². The molecule has 1 heterocycles. The van der Waals surface area contributed by atoms with Crippen LogP contribution in [-0.4, -0.2) is 24.0 Å². The van der Waals surface area contributed by atoms with Gasteiger partial charge in [-0.05, 0) is 42.0 Å². The van der Waals surface area contributed by atoms with E-state index in [0.717, 1.165) is 22.1 Å². The molecule has 0 fully saturated rings. The number of aromatic nitrogens is 1. The molecular formula is C21H21N3O4S. The molecule has 0 atom stereocenters. The molecule has 0 saturated heterocycles. The van der Waals surface area contributed by atoms with Crippen LogP contribution in [0.1, 0.15) is 18.2 Å². The molecule has 8 heteroatoms. The Labute approximate surface area is 172 Å². The van der Waals surface area contributed by atoms with Gasteiger partial charge in [0.25, 0.3) is 0 Å². The molecule has 0 aliphatic carbocycles. The van der Waals surface area contributed by atoms with Crippen LogP contribution in [0, 0.1) is 0 Å². The van der Waals surface area contributed by atoms with E-state index >= 15 is 0 Å². The van der Waals surface area contributed by atoms with Crippen LogP contribution >= 0.6 is 11.3 Å². The van der Waals surface area contributed by atoms with Crippen LogP contribution < -0.4 is 15.4 Å². The van der Waals surface area contributed by atoms with Crippen molar-refractivity contribution in [2.45, 2.75) is 20.0 Å². The number of methoxy groups -OCH3 is 1. The molecule has 3 aromatic rings. The van der Waals surface area contributed by atoms with Gasteiger partial charge in [-0.1, -0.05) is 12.1 Å². The molecule has 0 spiro atoms. The van der Waals surface area contributed by atoms with E-state index in [0.29, 0.717) is 11.4 Å². The zero-order valence-electron chi connectivity index (χ0n) is 16.1. The van der Waals surface area contributed by atoms with Gasteiger partial charge in [-0.25, -0.2) is 4.98 Å². The van der Waals surface area contributed by atoms with Gasteiger partial charge in [-0.3, -0.25) is 9.59 Å². The fourth-order valence-corrected chi connectivity index (χ4v) is 3.22. The number of anilines is 3. The summed E-state index contributed by atoms with van der Waals surface area (Å²) >= 11 is 1.44. The summed E-state index contributed by atoms with van der Waals surface area (Å²) < 4.78 is 10.4. The van der Waals surface area contributed by atoms with Gasteiger partial charge < -0.3 is 20.1 Å². The maximum absolute atomic E-state index is 12.1. The third kappa shape index (κ3) is 6.32. The van der Waals surface area contributed by atoms with Crippen molar-refractivity contribution in [1.82, 2.24) is 4.98 Å². The van der Waals surface area contributed by atoms with E-state index in [-0.39, 0.29) is 24.9 Å². The molecule has 150 valence electrons. The molecular weight excluding hydrogens is 390 g/mol. The number of rotatable bonds is 8. The summed E-state index contributed by atoms with van der Waals surface area (Å²) in [4.78, 5) is 27.5. The fraction of sp³-hybridized carbons (Fsp3) is 0.190. The van der Waals surface area contributed by atoms with E-state index < -0.39 is 0 Å². The third-order valence-corrected chi connectivity index (χ3v) is 4.70. The lowest BCUT2D eigenvalue weighted by Crippen LogP contribution is -2.09. The third-order valence-electron chi connectivity index (χ3n) is 3.90. The van der Waals surface area contributed by atoms with Crippen LogP contribution in [0.5, 0.6) is 5.75 Å². The molecule has 0 saturated carbocycles. The summed E-state index contributed by atoms with van der Waals surface area (Å²) in [6, 6.07) is 14.6. The number of amides is 1. The lowest BCUT2D eigenvalue weighted by Gasteiger charge is -2.05. The van der Waals surface area contributed by atoms with Crippen LogP contribution in [0.25, 0.3) is 0 Å².